The second kappa shape index (κ2) is 10.6. The molecule has 3 fully saturated rings. The zero-order valence-corrected chi connectivity index (χ0v) is 21.8. The van der Waals surface area contributed by atoms with Gasteiger partial charge in [0.2, 0.25) is 17.7 Å². The predicted molar refractivity (Wildman–Crippen MR) is 135 cm³/mol. The molecule has 1 unspecified atom stereocenters. The molecule has 204 valence electrons. The predicted octanol–water partition coefficient (Wildman–Crippen LogP) is 4.94. The van der Waals surface area contributed by atoms with Gasteiger partial charge in [-0.3, -0.25) is 9.59 Å². The summed E-state index contributed by atoms with van der Waals surface area (Å²) in [4.78, 5) is 34.0. The number of pyridine rings is 1. The maximum absolute atomic E-state index is 14.2. The minimum absolute atomic E-state index is 0.0505. The molecule has 2 aliphatic heterocycles. The van der Waals surface area contributed by atoms with Crippen LogP contribution in [0.15, 0.2) is 36.5 Å². The third kappa shape index (κ3) is 5.52. The first-order valence-electron chi connectivity index (χ1n) is 13.5. The van der Waals surface area contributed by atoms with Crippen LogP contribution < -0.4 is 4.74 Å². The van der Waals surface area contributed by atoms with E-state index in [0.717, 1.165) is 25.1 Å². The van der Waals surface area contributed by atoms with Crippen LogP contribution in [-0.4, -0.2) is 58.9 Å². The molecular formula is C29H34F3N3O3. The first kappa shape index (κ1) is 26.5. The average molecular weight is 530 g/mol. The zero-order chi connectivity index (χ0) is 27.0. The highest BCUT2D eigenvalue weighted by Crippen LogP contribution is 2.47. The van der Waals surface area contributed by atoms with Crippen LogP contribution >= 0.6 is 0 Å². The SMILES string of the molecule is CC(Oc1ccc(F)cn1)[C@H]1CCN(C(=O)C2CCN(C(=O)C3(C)CC3)CC2)C[C@@H]1c1ccc(F)c(F)c1. The Bertz CT molecular complexity index is 1180. The van der Waals surface area contributed by atoms with Crippen molar-refractivity contribution < 1.29 is 27.5 Å². The number of amides is 2. The van der Waals surface area contributed by atoms with Crippen molar-refractivity contribution in [3.63, 3.8) is 0 Å². The molecule has 1 aliphatic carbocycles. The smallest absolute Gasteiger partial charge is 0.228 e. The fourth-order valence-corrected chi connectivity index (χ4v) is 5.91. The Morgan fingerprint density at radius 2 is 1.71 bits per heavy atom. The number of hydrogen-bond acceptors (Lipinski definition) is 4. The van der Waals surface area contributed by atoms with Crippen molar-refractivity contribution in [3.8, 4) is 5.88 Å². The number of carbonyl (C=O) groups excluding carboxylic acids is 2. The van der Waals surface area contributed by atoms with E-state index in [-0.39, 0.29) is 47.0 Å². The molecule has 2 aromatic rings. The summed E-state index contributed by atoms with van der Waals surface area (Å²) in [5.74, 6) is -2.33. The van der Waals surface area contributed by atoms with Gasteiger partial charge in [-0.05, 0) is 62.8 Å². The lowest BCUT2D eigenvalue weighted by Gasteiger charge is -2.43. The standard InChI is InChI=1S/C29H34F3N3O3/c1-18(38-26-6-4-21(30)16-33-26)22-9-14-35(17-23(22)20-3-5-24(31)25(32)15-20)27(36)19-7-12-34(13-8-19)28(37)29(2)10-11-29/h3-6,15-16,18-19,22-23H,7-14,17H2,1-2H3/t18?,22-,23-/m1/s1. The van der Waals surface area contributed by atoms with E-state index in [0.29, 0.717) is 51.0 Å². The number of likely N-dealkylation sites (tertiary alicyclic amines) is 2. The van der Waals surface area contributed by atoms with Crippen LogP contribution in [0.4, 0.5) is 13.2 Å². The van der Waals surface area contributed by atoms with Crippen molar-refractivity contribution in [2.24, 2.45) is 17.3 Å². The van der Waals surface area contributed by atoms with Gasteiger partial charge in [0.1, 0.15) is 11.9 Å². The number of rotatable bonds is 6. The van der Waals surface area contributed by atoms with Crippen LogP contribution in [0.5, 0.6) is 5.88 Å². The molecule has 1 aromatic heterocycles. The quantitative estimate of drug-likeness (QED) is 0.532. The monoisotopic (exact) mass is 529 g/mol. The molecule has 2 amide bonds. The number of benzene rings is 1. The summed E-state index contributed by atoms with van der Waals surface area (Å²) in [6, 6.07) is 6.61. The Hall–Kier alpha value is -3.10. The summed E-state index contributed by atoms with van der Waals surface area (Å²) >= 11 is 0. The van der Waals surface area contributed by atoms with Gasteiger partial charge in [0.15, 0.2) is 11.6 Å². The molecule has 6 nitrogen and oxygen atoms in total. The van der Waals surface area contributed by atoms with Crippen LogP contribution in [0.3, 0.4) is 0 Å². The largest absolute Gasteiger partial charge is 0.474 e. The highest BCUT2D eigenvalue weighted by Gasteiger charge is 2.48. The molecule has 0 radical (unpaired) electrons. The molecule has 0 N–H and O–H groups in total. The number of aromatic nitrogens is 1. The van der Waals surface area contributed by atoms with E-state index >= 15 is 0 Å². The average Bonchev–Trinajstić information content (AvgIpc) is 3.68. The van der Waals surface area contributed by atoms with Crippen LogP contribution in [0, 0.1) is 34.7 Å². The van der Waals surface area contributed by atoms with Crippen LogP contribution in [0.2, 0.25) is 0 Å². The zero-order valence-electron chi connectivity index (χ0n) is 21.8. The van der Waals surface area contributed by atoms with Crippen LogP contribution in [0.1, 0.15) is 57.4 Å². The van der Waals surface area contributed by atoms with Gasteiger partial charge < -0.3 is 14.5 Å². The Balaban J connectivity index is 1.28. The molecule has 1 saturated carbocycles. The molecule has 9 heteroatoms. The first-order chi connectivity index (χ1) is 18.1. The third-order valence-corrected chi connectivity index (χ3v) is 8.61. The van der Waals surface area contributed by atoms with Gasteiger partial charge in [-0.15, -0.1) is 0 Å². The molecule has 3 atom stereocenters. The van der Waals surface area contributed by atoms with Gasteiger partial charge in [0.25, 0.3) is 0 Å². The molecule has 3 aliphatic rings. The second-order valence-electron chi connectivity index (χ2n) is 11.3. The number of nitrogens with zero attached hydrogens (tertiary/aromatic N) is 3. The highest BCUT2D eigenvalue weighted by atomic mass is 19.2. The third-order valence-electron chi connectivity index (χ3n) is 8.61. The topological polar surface area (TPSA) is 62.7 Å². The molecule has 1 aromatic carbocycles. The van der Waals surface area contributed by atoms with E-state index in [1.807, 2.05) is 23.6 Å². The number of hydrogen-bond donors (Lipinski definition) is 0. The second-order valence-corrected chi connectivity index (χ2v) is 11.3. The molecule has 0 spiro atoms. The van der Waals surface area contributed by atoms with E-state index < -0.39 is 17.5 Å². The molecule has 5 rings (SSSR count). The van der Waals surface area contributed by atoms with Crippen molar-refractivity contribution >= 4 is 11.8 Å². The lowest BCUT2D eigenvalue weighted by molar-refractivity contribution is -0.144. The van der Waals surface area contributed by atoms with E-state index in [1.54, 1.807) is 6.07 Å². The Morgan fingerprint density at radius 1 is 1.00 bits per heavy atom. The van der Waals surface area contributed by atoms with Gasteiger partial charge in [-0.2, -0.15) is 0 Å². The number of halogens is 3. The van der Waals surface area contributed by atoms with Crippen molar-refractivity contribution in [2.45, 2.75) is 58.0 Å². The van der Waals surface area contributed by atoms with Crippen LogP contribution in [-0.2, 0) is 9.59 Å². The summed E-state index contributed by atoms with van der Waals surface area (Å²) in [5, 5.41) is 0. The van der Waals surface area contributed by atoms with E-state index in [1.165, 1.54) is 18.2 Å². The molecule has 2 saturated heterocycles. The van der Waals surface area contributed by atoms with E-state index in [9.17, 15) is 22.8 Å². The normalized spacial score (nSPS) is 24.1. The van der Waals surface area contributed by atoms with Gasteiger partial charge in [0, 0.05) is 55.4 Å². The number of piperidine rings is 2. The first-order valence-corrected chi connectivity index (χ1v) is 13.5. The minimum Gasteiger partial charge on any atom is -0.474 e. The van der Waals surface area contributed by atoms with Gasteiger partial charge >= 0.3 is 0 Å². The Labute approximate surface area is 221 Å². The highest BCUT2D eigenvalue weighted by molar-refractivity contribution is 5.85. The van der Waals surface area contributed by atoms with Crippen molar-refractivity contribution in [1.82, 2.24) is 14.8 Å². The summed E-state index contributed by atoms with van der Waals surface area (Å²) in [7, 11) is 0. The van der Waals surface area contributed by atoms with E-state index in [2.05, 4.69) is 4.98 Å². The lowest BCUT2D eigenvalue weighted by Crippen LogP contribution is -2.50. The summed E-state index contributed by atoms with van der Waals surface area (Å²) < 4.78 is 47.2. The Morgan fingerprint density at radius 3 is 2.34 bits per heavy atom. The summed E-state index contributed by atoms with van der Waals surface area (Å²) in [5.41, 5.74) is 0.394. The molecular weight excluding hydrogens is 495 g/mol. The van der Waals surface area contributed by atoms with Crippen molar-refractivity contribution in [3.05, 3.63) is 59.5 Å². The van der Waals surface area contributed by atoms with Crippen LogP contribution in [0.25, 0.3) is 0 Å². The minimum atomic E-state index is -0.931. The molecule has 38 heavy (non-hydrogen) atoms. The fourth-order valence-electron chi connectivity index (χ4n) is 5.91. The molecule has 0 bridgehead atoms. The van der Waals surface area contributed by atoms with Gasteiger partial charge in [0.05, 0.1) is 6.20 Å². The maximum atomic E-state index is 14.2. The maximum Gasteiger partial charge on any atom is 0.228 e. The van der Waals surface area contributed by atoms with Gasteiger partial charge in [-0.25, -0.2) is 18.2 Å². The van der Waals surface area contributed by atoms with Crippen molar-refractivity contribution in [2.75, 3.05) is 26.2 Å². The summed E-state index contributed by atoms with van der Waals surface area (Å²) in [6.45, 7) is 5.94. The summed E-state index contributed by atoms with van der Waals surface area (Å²) in [6.07, 6.45) is 4.46. The number of ether oxygens (including phenoxy) is 1. The van der Waals surface area contributed by atoms with Crippen molar-refractivity contribution in [1.29, 1.82) is 0 Å². The van der Waals surface area contributed by atoms with E-state index in [4.69, 9.17) is 4.74 Å². The molecule has 3 heterocycles. The van der Waals surface area contributed by atoms with Gasteiger partial charge in [-0.1, -0.05) is 13.0 Å². The lowest BCUT2D eigenvalue weighted by atomic mass is 9.77. The number of carbonyl (C=O) groups is 2. The Kier molecular flexibility index (Phi) is 7.38. The fraction of sp³-hybridized carbons (Fsp3) is 0.552.